The molecule has 0 radical (unpaired) electrons. The number of alkyl halides is 1. The van der Waals surface area contributed by atoms with Gasteiger partial charge in [-0.25, -0.2) is 23.2 Å². The van der Waals surface area contributed by atoms with Gasteiger partial charge in [0.2, 0.25) is 0 Å². The molecule has 0 spiro atoms. The predicted octanol–water partition coefficient (Wildman–Crippen LogP) is 3.25. The van der Waals surface area contributed by atoms with Crippen LogP contribution in [0, 0.1) is 5.92 Å². The number of hydrogen-bond donors (Lipinski definition) is 4. The van der Waals surface area contributed by atoms with Gasteiger partial charge in [-0.15, -0.1) is 0 Å². The zero-order valence-electron chi connectivity index (χ0n) is 21.7. The highest BCUT2D eigenvalue weighted by atomic mass is 32.2. The zero-order valence-corrected chi connectivity index (χ0v) is 22.6. The number of nitrogens with zero attached hydrogens (tertiary/aromatic N) is 2. The van der Waals surface area contributed by atoms with Crippen molar-refractivity contribution in [1.82, 2.24) is 25.7 Å². The van der Waals surface area contributed by atoms with Crippen molar-refractivity contribution in [3.05, 3.63) is 53.1 Å². The molecule has 37 heavy (non-hydrogen) atoms. The first-order valence-electron chi connectivity index (χ1n) is 13.3. The first-order valence-corrected chi connectivity index (χ1v) is 15.3. The highest BCUT2D eigenvalue weighted by Crippen LogP contribution is 2.45. The fraction of sp³-hybridized carbons (Fsp3) is 0.593. The number of rotatable bonds is 7. The van der Waals surface area contributed by atoms with Crippen molar-refractivity contribution >= 4 is 15.4 Å². The summed E-state index contributed by atoms with van der Waals surface area (Å²) >= 11 is 0. The highest BCUT2D eigenvalue weighted by molar-refractivity contribution is 7.90. The Balaban J connectivity index is 1.28. The van der Waals surface area contributed by atoms with Gasteiger partial charge in [0, 0.05) is 37.2 Å². The van der Waals surface area contributed by atoms with Crippen molar-refractivity contribution in [2.45, 2.75) is 69.7 Å². The molecular formula is C27H38FN5O3S. The lowest BCUT2D eigenvalue weighted by molar-refractivity contribution is 0.135. The van der Waals surface area contributed by atoms with Gasteiger partial charge in [-0.1, -0.05) is 19.1 Å². The van der Waals surface area contributed by atoms with Crippen LogP contribution in [0.4, 0.5) is 4.39 Å². The molecule has 3 heterocycles. The second-order valence-electron chi connectivity index (χ2n) is 10.9. The van der Waals surface area contributed by atoms with E-state index in [1.54, 1.807) is 12.1 Å². The minimum absolute atomic E-state index is 0.0686. The molecule has 5 unspecified atom stereocenters. The van der Waals surface area contributed by atoms with Crippen LogP contribution in [0.3, 0.4) is 0 Å². The van der Waals surface area contributed by atoms with Crippen LogP contribution in [0.25, 0.3) is 5.57 Å². The highest BCUT2D eigenvalue weighted by Gasteiger charge is 2.48. The van der Waals surface area contributed by atoms with Gasteiger partial charge in [-0.05, 0) is 61.4 Å². The molecule has 1 saturated carbocycles. The van der Waals surface area contributed by atoms with E-state index >= 15 is 4.39 Å². The first-order chi connectivity index (χ1) is 17.6. The Labute approximate surface area is 218 Å². The van der Waals surface area contributed by atoms with Crippen LogP contribution in [-0.4, -0.2) is 71.7 Å². The number of aromatic nitrogens is 2. The Bertz CT molecular complexity index is 1260. The number of fused-ring (bicyclic) bond motifs is 1. The molecule has 1 aromatic heterocycles. The Morgan fingerprint density at radius 1 is 1.24 bits per heavy atom. The topological polar surface area (TPSA) is 110 Å². The Hall–Kier alpha value is -2.27. The number of imidazole rings is 1. The SMILES string of the molecule is CCc1cc(O)ccc1C1CCC2C(c3ncc(C4=CC[C@H](C)N(CCS(C)(=O)=O)C4)[nH]3)NNC2C1F. The number of aromatic hydroxyl groups is 1. The zero-order chi connectivity index (χ0) is 26.3. The van der Waals surface area contributed by atoms with Crippen LogP contribution in [0.5, 0.6) is 5.75 Å². The summed E-state index contributed by atoms with van der Waals surface area (Å²) in [7, 11) is -3.02. The summed E-state index contributed by atoms with van der Waals surface area (Å²) in [6, 6.07) is 5.13. The van der Waals surface area contributed by atoms with Crippen LogP contribution >= 0.6 is 0 Å². The van der Waals surface area contributed by atoms with Crippen molar-refractivity contribution in [3.8, 4) is 5.75 Å². The van der Waals surface area contributed by atoms with Gasteiger partial charge in [0.25, 0.3) is 0 Å². The summed E-state index contributed by atoms with van der Waals surface area (Å²) in [6.07, 6.45) is 7.47. The maximum atomic E-state index is 15.9. The minimum Gasteiger partial charge on any atom is -0.508 e. The number of nitrogens with one attached hydrogen (secondary N) is 3. The standard InChI is InChI=1S/C27H38FN5O3S/c1-4-17-13-19(34)7-8-20(17)21-9-10-22-25(24(21)28)31-32-26(22)27-29-14-23(30-27)18-6-5-16(2)33(15-18)11-12-37(3,35)36/h6-8,13-14,16,21-22,24-26,31-32,34H,4-5,9-12,15H2,1-3H3,(H,29,30)/t16-,21?,22?,24?,25?,26?/m0/s1. The second kappa shape index (κ2) is 10.5. The van der Waals surface area contributed by atoms with Crippen LogP contribution in [0.15, 0.2) is 30.5 Å². The van der Waals surface area contributed by atoms with E-state index < -0.39 is 16.0 Å². The average molecular weight is 532 g/mol. The van der Waals surface area contributed by atoms with Crippen molar-refractivity contribution in [1.29, 1.82) is 0 Å². The molecule has 4 N–H and O–H groups in total. The first kappa shape index (κ1) is 26.3. The van der Waals surface area contributed by atoms with Crippen LogP contribution in [0.2, 0.25) is 0 Å². The summed E-state index contributed by atoms with van der Waals surface area (Å²) in [5, 5.41) is 9.87. The molecule has 1 saturated heterocycles. The lowest BCUT2D eigenvalue weighted by Crippen LogP contribution is -2.45. The third-order valence-electron chi connectivity index (χ3n) is 8.43. The summed E-state index contributed by atoms with van der Waals surface area (Å²) in [5.41, 5.74) is 10.6. The number of hydrazine groups is 1. The van der Waals surface area contributed by atoms with Gasteiger partial charge in [0.1, 0.15) is 27.6 Å². The molecule has 6 atom stereocenters. The maximum Gasteiger partial charge on any atom is 0.148 e. The quantitative estimate of drug-likeness (QED) is 0.434. The predicted molar refractivity (Wildman–Crippen MR) is 143 cm³/mol. The molecule has 202 valence electrons. The monoisotopic (exact) mass is 531 g/mol. The average Bonchev–Trinajstić information content (AvgIpc) is 3.51. The molecule has 3 aliphatic rings. The number of aryl methyl sites for hydroxylation is 1. The van der Waals surface area contributed by atoms with Crippen molar-refractivity contribution in [2.24, 2.45) is 5.92 Å². The number of aromatic amines is 1. The maximum absolute atomic E-state index is 15.9. The van der Waals surface area contributed by atoms with E-state index in [4.69, 9.17) is 0 Å². The molecule has 0 bridgehead atoms. The number of phenols is 1. The molecule has 2 aromatic rings. The summed E-state index contributed by atoms with van der Waals surface area (Å²) in [5.74, 6) is 1.03. The molecule has 1 aliphatic carbocycles. The molecule has 1 aromatic carbocycles. The van der Waals surface area contributed by atoms with Gasteiger partial charge >= 0.3 is 0 Å². The Morgan fingerprint density at radius 2 is 2.05 bits per heavy atom. The normalized spacial score (nSPS) is 30.8. The van der Waals surface area contributed by atoms with E-state index in [0.717, 1.165) is 53.9 Å². The van der Waals surface area contributed by atoms with Crippen molar-refractivity contribution < 1.29 is 17.9 Å². The molecule has 0 amide bonds. The van der Waals surface area contributed by atoms with E-state index in [1.807, 2.05) is 19.2 Å². The molecule has 2 aliphatic heterocycles. The van der Waals surface area contributed by atoms with Gasteiger partial charge < -0.3 is 10.1 Å². The lowest BCUT2D eigenvalue weighted by Gasteiger charge is -2.36. The number of sulfone groups is 1. The van der Waals surface area contributed by atoms with Gasteiger partial charge in [-0.3, -0.25) is 10.3 Å². The van der Waals surface area contributed by atoms with Crippen LogP contribution in [0.1, 0.15) is 67.7 Å². The molecule has 10 heteroatoms. The molecular weight excluding hydrogens is 493 g/mol. The molecule has 8 nitrogen and oxygen atoms in total. The largest absolute Gasteiger partial charge is 0.508 e. The minimum atomic E-state index is -3.02. The number of phenolic OH excluding ortho intramolecular Hbond substituents is 1. The van der Waals surface area contributed by atoms with E-state index in [-0.39, 0.29) is 41.5 Å². The number of H-pyrrole nitrogens is 1. The third-order valence-corrected chi connectivity index (χ3v) is 9.35. The molecule has 2 fully saturated rings. The summed E-state index contributed by atoms with van der Waals surface area (Å²) in [4.78, 5) is 10.3. The Kier molecular flexibility index (Phi) is 7.46. The molecule has 5 rings (SSSR count). The lowest BCUT2D eigenvalue weighted by atomic mass is 9.71. The van der Waals surface area contributed by atoms with Crippen LogP contribution < -0.4 is 10.9 Å². The van der Waals surface area contributed by atoms with E-state index in [1.165, 1.54) is 6.26 Å². The number of halogens is 1. The summed E-state index contributed by atoms with van der Waals surface area (Å²) in [6.45, 7) is 5.33. The fourth-order valence-corrected chi connectivity index (χ4v) is 6.81. The van der Waals surface area contributed by atoms with E-state index in [2.05, 4.69) is 38.7 Å². The van der Waals surface area contributed by atoms with Crippen molar-refractivity contribution in [2.75, 3.05) is 25.1 Å². The third kappa shape index (κ3) is 5.48. The second-order valence-corrected chi connectivity index (χ2v) is 13.2. The van der Waals surface area contributed by atoms with Gasteiger partial charge in [0.15, 0.2) is 0 Å². The van der Waals surface area contributed by atoms with E-state index in [0.29, 0.717) is 13.1 Å². The van der Waals surface area contributed by atoms with Crippen molar-refractivity contribution in [3.63, 3.8) is 0 Å². The number of hydrogen-bond acceptors (Lipinski definition) is 7. The smallest absolute Gasteiger partial charge is 0.148 e. The van der Waals surface area contributed by atoms with Gasteiger partial charge in [0.05, 0.1) is 29.7 Å². The summed E-state index contributed by atoms with van der Waals surface area (Å²) < 4.78 is 39.2. The van der Waals surface area contributed by atoms with Gasteiger partial charge in [-0.2, -0.15) is 0 Å². The van der Waals surface area contributed by atoms with Crippen LogP contribution in [-0.2, 0) is 16.3 Å². The van der Waals surface area contributed by atoms with E-state index in [9.17, 15) is 13.5 Å². The fourth-order valence-electron chi connectivity index (χ4n) is 6.25. The Morgan fingerprint density at radius 3 is 2.81 bits per heavy atom. The number of benzene rings is 1.